The van der Waals surface area contributed by atoms with Crippen LogP contribution in [0, 0.1) is 10.7 Å². The van der Waals surface area contributed by atoms with Crippen LogP contribution in [0.15, 0.2) is 0 Å². The number of carbonyl (C=O) groups is 2. The van der Waals surface area contributed by atoms with E-state index in [0.29, 0.717) is 10.7 Å². The molecule has 9 nitrogen and oxygen atoms in total. The van der Waals surface area contributed by atoms with E-state index in [-0.39, 0.29) is 29.9 Å². The van der Waals surface area contributed by atoms with E-state index in [9.17, 15) is 19.8 Å². The topological polar surface area (TPSA) is 170 Å². The third-order valence-electron chi connectivity index (χ3n) is 3.38. The van der Waals surface area contributed by atoms with Crippen molar-refractivity contribution in [2.75, 3.05) is 32.0 Å². The first-order chi connectivity index (χ1) is 12.1. The average molecular weight is 705 g/mol. The SMILES string of the molecule is NC(=O)c1c(I)c(N)c(I)c(C(=O)N(CC(O)CO)CC(O)CO)c1I. The third-order valence-corrected chi connectivity index (χ3v) is 6.70. The Labute approximate surface area is 190 Å². The van der Waals surface area contributed by atoms with E-state index in [1.165, 1.54) is 0 Å². The number of nitrogens with two attached hydrogens (primary N) is 2. The summed E-state index contributed by atoms with van der Waals surface area (Å²) in [6.07, 6.45) is -2.48. The molecule has 0 aliphatic carbocycles. The van der Waals surface area contributed by atoms with Gasteiger partial charge in [-0.3, -0.25) is 9.59 Å². The van der Waals surface area contributed by atoms with Gasteiger partial charge >= 0.3 is 0 Å². The normalized spacial score (nSPS) is 13.3. The highest BCUT2D eigenvalue weighted by Crippen LogP contribution is 2.34. The van der Waals surface area contributed by atoms with Gasteiger partial charge in [0.1, 0.15) is 0 Å². The molecule has 0 bridgehead atoms. The predicted octanol–water partition coefficient (Wildman–Crippen LogP) is -0.670. The van der Waals surface area contributed by atoms with Crippen LogP contribution in [-0.2, 0) is 0 Å². The monoisotopic (exact) mass is 705 g/mol. The fourth-order valence-electron chi connectivity index (χ4n) is 2.11. The summed E-state index contributed by atoms with van der Waals surface area (Å²) in [4.78, 5) is 25.9. The van der Waals surface area contributed by atoms with Crippen LogP contribution < -0.4 is 11.5 Å². The quantitative estimate of drug-likeness (QED) is 0.154. The zero-order valence-corrected chi connectivity index (χ0v) is 19.8. The summed E-state index contributed by atoms with van der Waals surface area (Å²) in [7, 11) is 0. The lowest BCUT2D eigenvalue weighted by Crippen LogP contribution is -2.44. The molecular weight excluding hydrogens is 687 g/mol. The lowest BCUT2D eigenvalue weighted by Gasteiger charge is -2.28. The summed E-state index contributed by atoms with van der Waals surface area (Å²) in [5, 5.41) is 37.5. The smallest absolute Gasteiger partial charge is 0.256 e. The molecule has 12 heteroatoms. The van der Waals surface area contributed by atoms with Gasteiger partial charge in [-0.15, -0.1) is 0 Å². The predicted molar refractivity (Wildman–Crippen MR) is 120 cm³/mol. The van der Waals surface area contributed by atoms with Gasteiger partial charge in [0.2, 0.25) is 0 Å². The maximum Gasteiger partial charge on any atom is 0.256 e. The number of aliphatic hydroxyl groups excluding tert-OH is 4. The number of nitrogen functional groups attached to an aromatic ring is 1. The summed E-state index contributed by atoms with van der Waals surface area (Å²) in [6, 6.07) is 0. The zero-order valence-electron chi connectivity index (χ0n) is 13.3. The average Bonchev–Trinajstić information content (AvgIpc) is 2.58. The molecule has 0 radical (unpaired) electrons. The number of primary amides is 1. The molecule has 146 valence electrons. The van der Waals surface area contributed by atoms with Crippen LogP contribution in [0.25, 0.3) is 0 Å². The second kappa shape index (κ2) is 10.5. The van der Waals surface area contributed by atoms with E-state index >= 15 is 0 Å². The number of carbonyl (C=O) groups excluding carboxylic acids is 2. The molecule has 1 rings (SSSR count). The molecule has 8 N–H and O–H groups in total. The fourth-order valence-corrected chi connectivity index (χ4v) is 6.27. The van der Waals surface area contributed by atoms with Gasteiger partial charge in [-0.1, -0.05) is 0 Å². The number of rotatable bonds is 8. The van der Waals surface area contributed by atoms with E-state index in [1.807, 2.05) is 67.8 Å². The molecule has 2 atom stereocenters. The summed E-state index contributed by atoms with van der Waals surface area (Å²) < 4.78 is 1.12. The van der Waals surface area contributed by atoms with Crippen LogP contribution in [0.5, 0.6) is 0 Å². The van der Waals surface area contributed by atoms with Gasteiger partial charge in [0.05, 0.1) is 49.4 Å². The Morgan fingerprint density at radius 2 is 1.35 bits per heavy atom. The number of halogens is 3. The minimum absolute atomic E-state index is 0.105. The maximum absolute atomic E-state index is 13.0. The molecule has 0 heterocycles. The number of amides is 2. The first-order valence-electron chi connectivity index (χ1n) is 7.19. The highest BCUT2D eigenvalue weighted by Gasteiger charge is 2.30. The largest absolute Gasteiger partial charge is 0.397 e. The minimum Gasteiger partial charge on any atom is -0.397 e. The number of anilines is 1. The van der Waals surface area contributed by atoms with Crippen LogP contribution in [0.2, 0.25) is 0 Å². The Hall–Kier alpha value is -0.0100. The highest BCUT2D eigenvalue weighted by atomic mass is 127. The van der Waals surface area contributed by atoms with Gasteiger partial charge in [-0.05, 0) is 67.8 Å². The summed E-state index contributed by atoms with van der Waals surface area (Å²) >= 11 is 5.57. The number of nitrogens with zero attached hydrogens (tertiary/aromatic N) is 1. The van der Waals surface area contributed by atoms with Crippen molar-refractivity contribution in [2.45, 2.75) is 12.2 Å². The standard InChI is InChI=1S/C14H18I3N3O6/c15-9-7(13(19)25)10(16)12(18)11(17)8(9)14(26)20(1-5(23)3-21)2-6(24)4-22/h5-6,21-24H,1-4,18H2,(H2,19,25). The van der Waals surface area contributed by atoms with E-state index in [4.69, 9.17) is 21.7 Å². The van der Waals surface area contributed by atoms with Gasteiger partial charge in [-0.25, -0.2) is 0 Å². The van der Waals surface area contributed by atoms with Crippen molar-refractivity contribution in [3.8, 4) is 0 Å². The minimum atomic E-state index is -1.24. The number of aliphatic hydroxyl groups is 4. The fraction of sp³-hybridized carbons (Fsp3) is 0.429. The van der Waals surface area contributed by atoms with E-state index in [2.05, 4.69) is 0 Å². The molecule has 0 spiro atoms. The molecule has 1 aromatic rings. The van der Waals surface area contributed by atoms with E-state index in [0.717, 1.165) is 4.90 Å². The molecule has 26 heavy (non-hydrogen) atoms. The molecule has 1 aromatic carbocycles. The molecule has 2 amide bonds. The van der Waals surface area contributed by atoms with Gasteiger partial charge in [0.25, 0.3) is 11.8 Å². The molecule has 2 unspecified atom stereocenters. The van der Waals surface area contributed by atoms with Gasteiger partial charge < -0.3 is 36.8 Å². The van der Waals surface area contributed by atoms with Crippen LogP contribution in [0.4, 0.5) is 5.69 Å². The van der Waals surface area contributed by atoms with Gasteiger partial charge in [0.15, 0.2) is 0 Å². The van der Waals surface area contributed by atoms with Crippen molar-refractivity contribution in [3.63, 3.8) is 0 Å². The lowest BCUT2D eigenvalue weighted by molar-refractivity contribution is 0.0209. The molecule has 0 aromatic heterocycles. The number of benzene rings is 1. The summed E-state index contributed by atoms with van der Waals surface area (Å²) in [5.41, 5.74) is 11.8. The van der Waals surface area contributed by atoms with Gasteiger partial charge in [-0.2, -0.15) is 0 Å². The van der Waals surface area contributed by atoms with Crippen LogP contribution in [0.3, 0.4) is 0 Å². The molecule has 0 aliphatic rings. The van der Waals surface area contributed by atoms with Crippen LogP contribution >= 0.6 is 67.8 Å². The van der Waals surface area contributed by atoms with E-state index < -0.39 is 37.2 Å². The summed E-state index contributed by atoms with van der Waals surface area (Å²) in [5.74, 6) is -1.36. The van der Waals surface area contributed by atoms with Crippen LogP contribution in [0.1, 0.15) is 20.7 Å². The lowest BCUT2D eigenvalue weighted by atomic mass is 10.1. The Morgan fingerprint density at radius 1 is 0.923 bits per heavy atom. The van der Waals surface area contributed by atoms with Gasteiger partial charge in [0, 0.05) is 16.7 Å². The first-order valence-corrected chi connectivity index (χ1v) is 10.4. The molecule has 0 saturated heterocycles. The van der Waals surface area contributed by atoms with Crippen molar-refractivity contribution in [3.05, 3.63) is 21.8 Å². The van der Waals surface area contributed by atoms with Crippen molar-refractivity contribution in [1.82, 2.24) is 4.90 Å². The highest BCUT2D eigenvalue weighted by molar-refractivity contribution is 14.1. The Balaban J connectivity index is 3.49. The maximum atomic E-state index is 13.0. The van der Waals surface area contributed by atoms with Crippen molar-refractivity contribution in [1.29, 1.82) is 0 Å². The Morgan fingerprint density at radius 3 is 1.73 bits per heavy atom. The second-order valence-electron chi connectivity index (χ2n) is 5.35. The molecule has 0 aliphatic heterocycles. The second-order valence-corrected chi connectivity index (χ2v) is 8.59. The third kappa shape index (κ3) is 5.51. The summed E-state index contributed by atoms with van der Waals surface area (Å²) in [6.45, 7) is -1.74. The van der Waals surface area contributed by atoms with Crippen molar-refractivity contribution in [2.24, 2.45) is 5.73 Å². The Bertz CT molecular complexity index is 691. The Kier molecular flexibility index (Phi) is 9.71. The van der Waals surface area contributed by atoms with E-state index in [1.54, 1.807) is 0 Å². The zero-order chi connectivity index (χ0) is 20.2. The molecule has 0 saturated carbocycles. The van der Waals surface area contributed by atoms with Crippen LogP contribution in [-0.4, -0.2) is 75.7 Å². The number of hydrogen-bond donors (Lipinski definition) is 6. The first kappa shape index (κ1) is 24.0. The van der Waals surface area contributed by atoms with Crippen molar-refractivity contribution < 1.29 is 30.0 Å². The molecular formula is C14H18I3N3O6. The molecule has 0 fully saturated rings. The van der Waals surface area contributed by atoms with Crippen molar-refractivity contribution >= 4 is 85.3 Å². The number of hydrogen-bond acceptors (Lipinski definition) is 7.